The van der Waals surface area contributed by atoms with Gasteiger partial charge in [-0.1, -0.05) is 38.3 Å². The molecule has 19 heavy (non-hydrogen) atoms. The largest absolute Gasteiger partial charge is 0.465 e. The lowest BCUT2D eigenvalue weighted by Gasteiger charge is -2.11. The second-order valence-corrected chi connectivity index (χ2v) is 4.49. The van der Waals surface area contributed by atoms with Crippen LogP contribution in [-0.4, -0.2) is 19.7 Å². The van der Waals surface area contributed by atoms with Crippen LogP contribution in [0.25, 0.3) is 0 Å². The first-order chi connectivity index (χ1) is 9.20. The molecule has 106 valence electrons. The second kappa shape index (κ2) is 8.53. The van der Waals surface area contributed by atoms with Crippen LogP contribution in [0.15, 0.2) is 18.2 Å². The van der Waals surface area contributed by atoms with Crippen molar-refractivity contribution in [2.24, 2.45) is 0 Å². The van der Waals surface area contributed by atoms with Gasteiger partial charge in [-0.15, -0.1) is 0 Å². The number of hydrogen-bond donors (Lipinski definition) is 1. The van der Waals surface area contributed by atoms with E-state index in [-0.39, 0.29) is 0 Å². The monoisotopic (exact) mass is 265 g/mol. The average Bonchev–Trinajstić information content (AvgIpc) is 2.42. The van der Waals surface area contributed by atoms with Gasteiger partial charge >= 0.3 is 5.97 Å². The number of carbonyl (C=O) groups is 1. The van der Waals surface area contributed by atoms with Crippen molar-refractivity contribution in [1.82, 2.24) is 0 Å². The molecule has 1 aromatic carbocycles. The number of benzene rings is 1. The zero-order valence-electron chi connectivity index (χ0n) is 11.8. The molecule has 4 heteroatoms. The zero-order chi connectivity index (χ0) is 14.1. The third-order valence-electron chi connectivity index (χ3n) is 2.97. The minimum atomic E-state index is -0.414. The molecule has 0 aromatic heterocycles. The highest BCUT2D eigenvalue weighted by Crippen LogP contribution is 2.19. The highest BCUT2D eigenvalue weighted by atomic mass is 16.5. The normalized spacial score (nSPS) is 10.4. The molecule has 0 bridgehead atoms. The molecular formula is C15H23NO3. The minimum Gasteiger partial charge on any atom is -0.465 e. The number of nitrogens with two attached hydrogens (primary N) is 1. The van der Waals surface area contributed by atoms with Crippen molar-refractivity contribution in [3.05, 3.63) is 29.3 Å². The zero-order valence-corrected chi connectivity index (χ0v) is 11.8. The molecule has 0 saturated heterocycles. The maximum atomic E-state index is 11.7. The highest BCUT2D eigenvalue weighted by Gasteiger charge is 2.15. The predicted octanol–water partition coefficient (Wildman–Crippen LogP) is 3.15. The Morgan fingerprint density at radius 2 is 2.05 bits per heavy atom. The van der Waals surface area contributed by atoms with Crippen LogP contribution >= 0.6 is 0 Å². The fraction of sp³-hybridized carbons (Fsp3) is 0.533. The molecule has 4 nitrogen and oxygen atoms in total. The van der Waals surface area contributed by atoms with Crippen LogP contribution in [0.4, 0.5) is 5.69 Å². The van der Waals surface area contributed by atoms with Crippen molar-refractivity contribution in [1.29, 1.82) is 0 Å². The Labute approximate surface area is 114 Å². The van der Waals surface area contributed by atoms with E-state index in [4.69, 9.17) is 15.2 Å². The number of rotatable bonds is 8. The van der Waals surface area contributed by atoms with Gasteiger partial charge in [-0.3, -0.25) is 0 Å². The lowest BCUT2D eigenvalue weighted by molar-refractivity contribution is 0.0593. The van der Waals surface area contributed by atoms with Gasteiger partial charge in [-0.05, 0) is 18.1 Å². The van der Waals surface area contributed by atoms with Crippen molar-refractivity contribution in [3.63, 3.8) is 0 Å². The van der Waals surface area contributed by atoms with Crippen LogP contribution in [0.2, 0.25) is 0 Å². The van der Waals surface area contributed by atoms with Crippen LogP contribution in [0.3, 0.4) is 0 Å². The van der Waals surface area contributed by atoms with E-state index in [9.17, 15) is 4.79 Å². The Hall–Kier alpha value is -1.55. The summed E-state index contributed by atoms with van der Waals surface area (Å²) in [5.74, 6) is -0.414. The number of unbranched alkanes of at least 4 members (excludes halogenated alkanes) is 3. The van der Waals surface area contributed by atoms with Gasteiger partial charge in [-0.2, -0.15) is 0 Å². The van der Waals surface area contributed by atoms with Gasteiger partial charge in [0, 0.05) is 12.3 Å². The summed E-state index contributed by atoms with van der Waals surface area (Å²) in [6.07, 6.45) is 4.66. The van der Waals surface area contributed by atoms with E-state index < -0.39 is 5.97 Å². The Balaban J connectivity index is 2.53. The van der Waals surface area contributed by atoms with Crippen LogP contribution in [0, 0.1) is 0 Å². The van der Waals surface area contributed by atoms with Crippen LogP contribution < -0.4 is 5.73 Å². The summed E-state index contributed by atoms with van der Waals surface area (Å²) in [5.41, 5.74) is 7.44. The summed E-state index contributed by atoms with van der Waals surface area (Å²) < 4.78 is 10.3. The van der Waals surface area contributed by atoms with Crippen molar-refractivity contribution in [2.45, 2.75) is 39.2 Å². The highest BCUT2D eigenvalue weighted by molar-refractivity contribution is 5.96. The molecule has 0 amide bonds. The number of carbonyl (C=O) groups excluding carboxylic acids is 1. The van der Waals surface area contributed by atoms with Gasteiger partial charge < -0.3 is 15.2 Å². The van der Waals surface area contributed by atoms with Gasteiger partial charge in [-0.25, -0.2) is 4.79 Å². The fourth-order valence-electron chi connectivity index (χ4n) is 1.90. The summed E-state index contributed by atoms with van der Waals surface area (Å²) >= 11 is 0. The van der Waals surface area contributed by atoms with E-state index in [0.29, 0.717) is 24.5 Å². The van der Waals surface area contributed by atoms with Gasteiger partial charge in [0.15, 0.2) is 0 Å². The van der Waals surface area contributed by atoms with E-state index in [0.717, 1.165) is 12.0 Å². The van der Waals surface area contributed by atoms with E-state index in [2.05, 4.69) is 6.92 Å². The van der Waals surface area contributed by atoms with E-state index in [1.54, 1.807) is 6.07 Å². The summed E-state index contributed by atoms with van der Waals surface area (Å²) in [7, 11) is 1.35. The number of esters is 1. The van der Waals surface area contributed by atoms with Crippen molar-refractivity contribution < 1.29 is 14.3 Å². The molecule has 0 aliphatic heterocycles. The number of ether oxygens (including phenoxy) is 2. The van der Waals surface area contributed by atoms with Gasteiger partial charge in [0.25, 0.3) is 0 Å². The first-order valence-corrected chi connectivity index (χ1v) is 6.74. The molecule has 0 saturated carbocycles. The molecule has 2 N–H and O–H groups in total. The number of anilines is 1. The fourth-order valence-corrected chi connectivity index (χ4v) is 1.90. The third kappa shape index (κ3) is 4.91. The Bertz CT molecular complexity index is 404. The number of hydrogen-bond acceptors (Lipinski definition) is 4. The molecule has 0 unspecified atom stereocenters. The molecule has 0 fully saturated rings. The lowest BCUT2D eigenvalue weighted by Crippen LogP contribution is -2.10. The molecule has 0 heterocycles. The SMILES string of the molecule is CCCCCCOCc1cccc(N)c1C(=O)OC. The third-order valence-corrected chi connectivity index (χ3v) is 2.97. The molecule has 0 aliphatic carbocycles. The van der Waals surface area contributed by atoms with Gasteiger partial charge in [0.1, 0.15) is 0 Å². The van der Waals surface area contributed by atoms with Crippen LogP contribution in [0.5, 0.6) is 0 Å². The summed E-state index contributed by atoms with van der Waals surface area (Å²) in [6.45, 7) is 3.27. The molecule has 0 atom stereocenters. The van der Waals surface area contributed by atoms with Crippen LogP contribution in [-0.2, 0) is 16.1 Å². The molecule has 0 aliphatic rings. The molecular weight excluding hydrogens is 242 g/mol. The van der Waals surface area contributed by atoms with Gasteiger partial charge in [0.05, 0.1) is 19.3 Å². The second-order valence-electron chi connectivity index (χ2n) is 4.49. The maximum absolute atomic E-state index is 11.7. The molecule has 1 aromatic rings. The van der Waals surface area contributed by atoms with E-state index in [1.807, 2.05) is 12.1 Å². The lowest BCUT2D eigenvalue weighted by atomic mass is 10.1. The quantitative estimate of drug-likeness (QED) is 0.445. The average molecular weight is 265 g/mol. The van der Waals surface area contributed by atoms with E-state index in [1.165, 1.54) is 26.4 Å². The first kappa shape index (κ1) is 15.5. The smallest absolute Gasteiger partial charge is 0.340 e. The van der Waals surface area contributed by atoms with Crippen molar-refractivity contribution >= 4 is 11.7 Å². The topological polar surface area (TPSA) is 61.5 Å². The van der Waals surface area contributed by atoms with Crippen molar-refractivity contribution in [2.75, 3.05) is 19.5 Å². The first-order valence-electron chi connectivity index (χ1n) is 6.74. The molecule has 1 rings (SSSR count). The van der Waals surface area contributed by atoms with Crippen LogP contribution in [0.1, 0.15) is 48.5 Å². The Morgan fingerprint density at radius 3 is 2.74 bits per heavy atom. The molecule has 0 radical (unpaired) electrons. The predicted molar refractivity (Wildman–Crippen MR) is 76.0 cm³/mol. The number of methoxy groups -OCH3 is 1. The van der Waals surface area contributed by atoms with Crippen molar-refractivity contribution in [3.8, 4) is 0 Å². The van der Waals surface area contributed by atoms with Gasteiger partial charge in [0.2, 0.25) is 0 Å². The summed E-state index contributed by atoms with van der Waals surface area (Å²) in [5, 5.41) is 0. The Kier molecular flexibility index (Phi) is 6.97. The summed E-state index contributed by atoms with van der Waals surface area (Å²) in [6, 6.07) is 5.35. The van der Waals surface area contributed by atoms with E-state index >= 15 is 0 Å². The molecule has 0 spiro atoms. The summed E-state index contributed by atoms with van der Waals surface area (Å²) in [4.78, 5) is 11.7. The number of nitrogen functional groups attached to an aromatic ring is 1. The Morgan fingerprint density at radius 1 is 1.26 bits per heavy atom. The maximum Gasteiger partial charge on any atom is 0.340 e. The standard InChI is InChI=1S/C15H23NO3/c1-3-4-5-6-10-19-11-12-8-7-9-13(16)14(12)15(17)18-2/h7-9H,3-6,10-11,16H2,1-2H3. The minimum absolute atomic E-state index is 0.390.